The molecule has 0 N–H and O–H groups in total. The van der Waals surface area contributed by atoms with Crippen molar-refractivity contribution in [2.75, 3.05) is 0 Å². The highest BCUT2D eigenvalue weighted by Crippen LogP contribution is 2.04. The largest absolute Gasteiger partial charge is 0.250 e. The van der Waals surface area contributed by atoms with E-state index < -0.39 is 0 Å². The lowest BCUT2D eigenvalue weighted by atomic mass is 10.4. The Kier molecular flexibility index (Phi) is 1.63. The van der Waals surface area contributed by atoms with Gasteiger partial charge in [0.25, 0.3) is 0 Å². The Balaban J connectivity index is 3.03. The van der Waals surface area contributed by atoms with Crippen molar-refractivity contribution in [1.82, 2.24) is 4.98 Å². The zero-order valence-corrected chi connectivity index (χ0v) is 6.07. The second-order valence-electron chi connectivity index (χ2n) is 1.55. The standard InChI is InChI=1S/C6H5BrN/c1-5-2-3-6(7)4-8-5/h2-3H,1H3. The van der Waals surface area contributed by atoms with E-state index in [2.05, 4.69) is 27.1 Å². The summed E-state index contributed by atoms with van der Waals surface area (Å²) in [4.78, 5) is 3.91. The van der Waals surface area contributed by atoms with Gasteiger partial charge in [0, 0.05) is 10.2 Å². The van der Waals surface area contributed by atoms with Crippen LogP contribution < -0.4 is 0 Å². The summed E-state index contributed by atoms with van der Waals surface area (Å²) in [6.07, 6.45) is 2.77. The molecule has 1 aromatic rings. The average Bonchev–Trinajstić information content (AvgIpc) is 1.77. The maximum atomic E-state index is 3.91. The molecule has 0 aliphatic heterocycles. The van der Waals surface area contributed by atoms with E-state index in [0.29, 0.717) is 0 Å². The van der Waals surface area contributed by atoms with Gasteiger partial charge >= 0.3 is 0 Å². The highest BCUT2D eigenvalue weighted by Gasteiger charge is 1.84. The molecule has 0 saturated carbocycles. The first-order valence-corrected chi connectivity index (χ1v) is 3.09. The summed E-state index contributed by atoms with van der Waals surface area (Å²) >= 11 is 3.23. The van der Waals surface area contributed by atoms with Gasteiger partial charge in [-0.25, -0.2) is 0 Å². The molecule has 0 saturated heterocycles. The van der Waals surface area contributed by atoms with Gasteiger partial charge in [0.15, 0.2) is 0 Å². The van der Waals surface area contributed by atoms with Gasteiger partial charge in [-0.15, -0.1) is 0 Å². The molecule has 0 fully saturated rings. The highest BCUT2D eigenvalue weighted by molar-refractivity contribution is 9.10. The molecule has 0 aliphatic rings. The number of aromatic nitrogens is 1. The lowest BCUT2D eigenvalue weighted by Crippen LogP contribution is -1.76. The number of halogens is 1. The van der Waals surface area contributed by atoms with Crippen molar-refractivity contribution in [1.29, 1.82) is 0 Å². The van der Waals surface area contributed by atoms with E-state index in [0.717, 1.165) is 10.2 Å². The van der Waals surface area contributed by atoms with E-state index in [1.165, 1.54) is 0 Å². The second-order valence-corrected chi connectivity index (χ2v) is 2.40. The van der Waals surface area contributed by atoms with E-state index >= 15 is 0 Å². The molecular weight excluding hydrogens is 166 g/mol. The summed E-state index contributed by atoms with van der Waals surface area (Å²) < 4.78 is 0.906. The minimum Gasteiger partial charge on any atom is -0.250 e. The molecule has 8 heavy (non-hydrogen) atoms. The molecule has 41 valence electrons. The van der Waals surface area contributed by atoms with Crippen molar-refractivity contribution in [2.24, 2.45) is 0 Å². The van der Waals surface area contributed by atoms with Gasteiger partial charge in [-0.1, -0.05) is 0 Å². The molecule has 0 spiro atoms. The molecule has 0 atom stereocenters. The normalized spacial score (nSPS) is 9.25. The van der Waals surface area contributed by atoms with Crippen molar-refractivity contribution in [2.45, 2.75) is 6.92 Å². The van der Waals surface area contributed by atoms with Gasteiger partial charge < -0.3 is 0 Å². The molecule has 0 aromatic carbocycles. The summed E-state index contributed by atoms with van der Waals surface area (Å²) in [6.45, 7) is 1.93. The average molecular weight is 171 g/mol. The van der Waals surface area contributed by atoms with E-state index in [1.807, 2.05) is 19.1 Å². The van der Waals surface area contributed by atoms with Crippen molar-refractivity contribution < 1.29 is 0 Å². The molecule has 0 bridgehead atoms. The molecule has 0 amide bonds. The third-order valence-electron chi connectivity index (χ3n) is 0.810. The zero-order valence-electron chi connectivity index (χ0n) is 4.48. The van der Waals surface area contributed by atoms with Crippen molar-refractivity contribution >= 4 is 15.9 Å². The molecule has 1 radical (unpaired) electrons. The minimum absolute atomic E-state index is 0.906. The summed E-state index contributed by atoms with van der Waals surface area (Å²) in [5.74, 6) is 0. The fourth-order valence-electron chi connectivity index (χ4n) is 0.410. The van der Waals surface area contributed by atoms with Crippen LogP contribution in [0.5, 0.6) is 0 Å². The van der Waals surface area contributed by atoms with Crippen LogP contribution in [0.3, 0.4) is 0 Å². The number of aryl methyl sites for hydroxylation is 1. The fourth-order valence-corrected chi connectivity index (χ4v) is 0.631. The van der Waals surface area contributed by atoms with Crippen LogP contribution in [-0.2, 0) is 0 Å². The molecule has 0 aliphatic carbocycles. The van der Waals surface area contributed by atoms with E-state index in [1.54, 1.807) is 0 Å². The Morgan fingerprint density at radius 2 is 2.38 bits per heavy atom. The molecule has 2 heteroatoms. The van der Waals surface area contributed by atoms with E-state index in [4.69, 9.17) is 0 Å². The van der Waals surface area contributed by atoms with Gasteiger partial charge in [0.1, 0.15) is 6.20 Å². The second kappa shape index (κ2) is 2.27. The first kappa shape index (κ1) is 5.76. The van der Waals surface area contributed by atoms with Crippen LogP contribution >= 0.6 is 15.9 Å². The van der Waals surface area contributed by atoms with Gasteiger partial charge in [0.05, 0.1) is 0 Å². The van der Waals surface area contributed by atoms with Crippen LogP contribution in [0.2, 0.25) is 0 Å². The number of hydrogen-bond acceptors (Lipinski definition) is 1. The van der Waals surface area contributed by atoms with Gasteiger partial charge in [0.2, 0.25) is 0 Å². The van der Waals surface area contributed by atoms with E-state index in [-0.39, 0.29) is 0 Å². The van der Waals surface area contributed by atoms with Gasteiger partial charge in [-0.3, -0.25) is 4.98 Å². The highest BCUT2D eigenvalue weighted by atomic mass is 79.9. The smallest absolute Gasteiger partial charge is 0.104 e. The van der Waals surface area contributed by atoms with Gasteiger partial charge in [-0.05, 0) is 35.0 Å². The number of rotatable bonds is 0. The third-order valence-corrected chi connectivity index (χ3v) is 1.25. The summed E-state index contributed by atoms with van der Waals surface area (Å²) in [5, 5.41) is 0. The van der Waals surface area contributed by atoms with Crippen LogP contribution in [0.4, 0.5) is 0 Å². The van der Waals surface area contributed by atoms with Crippen LogP contribution in [0.25, 0.3) is 0 Å². The maximum absolute atomic E-state index is 3.91. The lowest BCUT2D eigenvalue weighted by Gasteiger charge is -1.86. The number of nitrogens with zero attached hydrogens (tertiary/aromatic N) is 1. The molecule has 1 nitrogen and oxygen atoms in total. The Morgan fingerprint density at radius 3 is 2.75 bits per heavy atom. The fraction of sp³-hybridized carbons (Fsp3) is 0.167. The van der Waals surface area contributed by atoms with Crippen molar-refractivity contribution in [3.05, 3.63) is 28.5 Å². The van der Waals surface area contributed by atoms with Crippen LogP contribution in [0.15, 0.2) is 16.6 Å². The van der Waals surface area contributed by atoms with Crippen LogP contribution in [0, 0.1) is 13.1 Å². The summed E-state index contributed by atoms with van der Waals surface area (Å²) in [5.41, 5.74) is 0.994. The quantitative estimate of drug-likeness (QED) is 0.581. The SMILES string of the molecule is Cc1ccc(Br)[c]n1. The monoisotopic (exact) mass is 170 g/mol. The Morgan fingerprint density at radius 1 is 1.62 bits per heavy atom. The predicted molar refractivity (Wildman–Crippen MR) is 35.5 cm³/mol. The molecule has 1 rings (SSSR count). The first-order chi connectivity index (χ1) is 3.79. The third kappa shape index (κ3) is 1.30. The molecule has 0 unspecified atom stereocenters. The van der Waals surface area contributed by atoms with Gasteiger partial charge in [-0.2, -0.15) is 0 Å². The van der Waals surface area contributed by atoms with Crippen molar-refractivity contribution in [3.63, 3.8) is 0 Å². The molecule has 1 aromatic heterocycles. The zero-order chi connectivity index (χ0) is 5.98. The van der Waals surface area contributed by atoms with Crippen molar-refractivity contribution in [3.8, 4) is 0 Å². The van der Waals surface area contributed by atoms with E-state index in [9.17, 15) is 0 Å². The maximum Gasteiger partial charge on any atom is 0.104 e. The van der Waals surface area contributed by atoms with Crippen LogP contribution in [0.1, 0.15) is 5.69 Å². The van der Waals surface area contributed by atoms with Crippen LogP contribution in [-0.4, -0.2) is 4.98 Å². The number of hydrogen-bond donors (Lipinski definition) is 0. The first-order valence-electron chi connectivity index (χ1n) is 2.30. The Labute approximate surface area is 56.9 Å². The number of pyridine rings is 1. The lowest BCUT2D eigenvalue weighted by molar-refractivity contribution is 1.18. The Hall–Kier alpha value is -0.370. The topological polar surface area (TPSA) is 12.9 Å². The molecular formula is C6H5BrN. The minimum atomic E-state index is 0.906. The molecule has 1 heterocycles. The Bertz CT molecular complexity index is 147. The summed E-state index contributed by atoms with van der Waals surface area (Å²) in [7, 11) is 0. The predicted octanol–water partition coefficient (Wildman–Crippen LogP) is 1.95. The summed E-state index contributed by atoms with van der Waals surface area (Å²) in [6, 6.07) is 3.85.